The molecule has 1 aliphatic rings. The molecule has 0 aliphatic carbocycles. The Morgan fingerprint density at radius 2 is 2.10 bits per heavy atom. The monoisotopic (exact) mass is 145 g/mol. The lowest BCUT2D eigenvalue weighted by Crippen LogP contribution is -2.66. The number of aliphatic hydroxyl groups is 2. The van der Waals surface area contributed by atoms with Crippen LogP contribution in [0.4, 0.5) is 0 Å². The SMILES string of the molecule is CCC[C@@H]1N[C@@H](CO)[C@@H]1O. The summed E-state index contributed by atoms with van der Waals surface area (Å²) in [6.45, 7) is 2.13. The van der Waals surface area contributed by atoms with Crippen LogP contribution in [-0.4, -0.2) is 35.0 Å². The number of nitrogens with one attached hydrogen (secondary N) is 1. The Labute approximate surface area is 61.1 Å². The molecule has 3 N–H and O–H groups in total. The summed E-state index contributed by atoms with van der Waals surface area (Å²) < 4.78 is 0. The molecule has 1 saturated heterocycles. The summed E-state index contributed by atoms with van der Waals surface area (Å²) in [4.78, 5) is 0. The number of aliphatic hydroxyl groups excluding tert-OH is 2. The van der Waals surface area contributed by atoms with Crippen LogP contribution in [0.5, 0.6) is 0 Å². The molecule has 0 unspecified atom stereocenters. The first kappa shape index (κ1) is 7.98. The van der Waals surface area contributed by atoms with E-state index >= 15 is 0 Å². The lowest BCUT2D eigenvalue weighted by atomic mass is 9.90. The fourth-order valence-electron chi connectivity index (χ4n) is 1.36. The van der Waals surface area contributed by atoms with Crippen molar-refractivity contribution in [3.8, 4) is 0 Å². The van der Waals surface area contributed by atoms with Gasteiger partial charge in [-0.3, -0.25) is 0 Å². The smallest absolute Gasteiger partial charge is 0.0868 e. The minimum absolute atomic E-state index is 0.0430. The predicted molar refractivity (Wildman–Crippen MR) is 38.7 cm³/mol. The normalized spacial score (nSPS) is 39.3. The maximum absolute atomic E-state index is 9.28. The standard InChI is InChI=1S/C7H15NO2/c1-2-3-5-7(10)6(4-9)8-5/h5-10H,2-4H2,1H3/t5-,6-,7+/m0/s1. The van der Waals surface area contributed by atoms with Crippen LogP contribution in [0.3, 0.4) is 0 Å². The van der Waals surface area contributed by atoms with E-state index in [0.29, 0.717) is 0 Å². The molecular formula is C7H15NO2. The molecule has 0 aromatic carbocycles. The van der Waals surface area contributed by atoms with Gasteiger partial charge in [-0.2, -0.15) is 0 Å². The highest BCUT2D eigenvalue weighted by Crippen LogP contribution is 2.16. The van der Waals surface area contributed by atoms with Gasteiger partial charge in [-0.1, -0.05) is 13.3 Å². The highest BCUT2D eigenvalue weighted by atomic mass is 16.3. The molecule has 0 aromatic rings. The van der Waals surface area contributed by atoms with Crippen LogP contribution in [0.1, 0.15) is 19.8 Å². The lowest BCUT2D eigenvalue weighted by molar-refractivity contribution is -0.0186. The molecule has 0 spiro atoms. The van der Waals surface area contributed by atoms with Gasteiger partial charge in [0, 0.05) is 6.04 Å². The minimum Gasteiger partial charge on any atom is -0.395 e. The van der Waals surface area contributed by atoms with Gasteiger partial charge in [0.25, 0.3) is 0 Å². The third-order valence-corrected chi connectivity index (χ3v) is 2.05. The fraction of sp³-hybridized carbons (Fsp3) is 1.00. The van der Waals surface area contributed by atoms with E-state index in [9.17, 15) is 5.11 Å². The van der Waals surface area contributed by atoms with Crippen molar-refractivity contribution in [1.82, 2.24) is 5.32 Å². The summed E-state index contributed by atoms with van der Waals surface area (Å²) in [5.74, 6) is 0. The van der Waals surface area contributed by atoms with E-state index in [1.807, 2.05) is 0 Å². The van der Waals surface area contributed by atoms with Gasteiger partial charge in [-0.05, 0) is 6.42 Å². The van der Waals surface area contributed by atoms with Crippen LogP contribution in [-0.2, 0) is 0 Å². The largest absolute Gasteiger partial charge is 0.395 e. The molecule has 1 fully saturated rings. The van der Waals surface area contributed by atoms with E-state index in [0.717, 1.165) is 12.8 Å². The zero-order valence-electron chi connectivity index (χ0n) is 6.25. The minimum atomic E-state index is -0.329. The van der Waals surface area contributed by atoms with Crippen LogP contribution >= 0.6 is 0 Å². The van der Waals surface area contributed by atoms with Crippen molar-refractivity contribution in [3.05, 3.63) is 0 Å². The van der Waals surface area contributed by atoms with E-state index in [1.165, 1.54) is 0 Å². The Kier molecular flexibility index (Phi) is 2.65. The summed E-state index contributed by atoms with van der Waals surface area (Å²) in [7, 11) is 0. The van der Waals surface area contributed by atoms with E-state index in [4.69, 9.17) is 5.11 Å². The molecule has 0 radical (unpaired) electrons. The molecule has 0 aromatic heterocycles. The number of hydrogen-bond acceptors (Lipinski definition) is 3. The third-order valence-electron chi connectivity index (χ3n) is 2.05. The van der Waals surface area contributed by atoms with Gasteiger partial charge in [0.05, 0.1) is 18.8 Å². The van der Waals surface area contributed by atoms with Crippen LogP contribution in [0.15, 0.2) is 0 Å². The van der Waals surface area contributed by atoms with Crippen LogP contribution < -0.4 is 5.32 Å². The molecule has 0 saturated carbocycles. The maximum atomic E-state index is 9.28. The van der Waals surface area contributed by atoms with Gasteiger partial charge in [0.15, 0.2) is 0 Å². The van der Waals surface area contributed by atoms with Crippen molar-refractivity contribution in [1.29, 1.82) is 0 Å². The molecule has 1 aliphatic heterocycles. The first-order valence-electron chi connectivity index (χ1n) is 3.84. The molecule has 3 nitrogen and oxygen atoms in total. The van der Waals surface area contributed by atoms with Crippen LogP contribution in [0.2, 0.25) is 0 Å². The molecular weight excluding hydrogens is 130 g/mol. The summed E-state index contributed by atoms with van der Waals surface area (Å²) >= 11 is 0. The van der Waals surface area contributed by atoms with Crippen LogP contribution in [0, 0.1) is 0 Å². The Bertz CT molecular complexity index is 108. The molecule has 3 heteroatoms. The lowest BCUT2D eigenvalue weighted by Gasteiger charge is -2.41. The molecule has 3 atom stereocenters. The second kappa shape index (κ2) is 3.32. The van der Waals surface area contributed by atoms with E-state index < -0.39 is 0 Å². The Hall–Kier alpha value is -0.120. The molecule has 0 amide bonds. The van der Waals surface area contributed by atoms with Crippen molar-refractivity contribution < 1.29 is 10.2 Å². The molecule has 1 rings (SSSR count). The summed E-state index contributed by atoms with van der Waals surface area (Å²) in [6.07, 6.45) is 1.75. The second-order valence-electron chi connectivity index (χ2n) is 2.84. The van der Waals surface area contributed by atoms with E-state index in [-0.39, 0.29) is 24.8 Å². The molecule has 1 heterocycles. The van der Waals surface area contributed by atoms with Gasteiger partial charge in [0.2, 0.25) is 0 Å². The third kappa shape index (κ3) is 1.31. The van der Waals surface area contributed by atoms with Gasteiger partial charge >= 0.3 is 0 Å². The molecule has 0 bridgehead atoms. The zero-order chi connectivity index (χ0) is 7.56. The number of hydrogen-bond donors (Lipinski definition) is 3. The highest BCUT2D eigenvalue weighted by molar-refractivity contribution is 4.97. The van der Waals surface area contributed by atoms with Crippen molar-refractivity contribution >= 4 is 0 Å². The first-order valence-corrected chi connectivity index (χ1v) is 3.84. The predicted octanol–water partition coefficient (Wildman–Crippen LogP) is -0.520. The quantitative estimate of drug-likeness (QED) is 0.501. The Balaban J connectivity index is 2.18. The number of rotatable bonds is 3. The molecule has 60 valence electrons. The van der Waals surface area contributed by atoms with E-state index in [2.05, 4.69) is 12.2 Å². The average molecular weight is 145 g/mol. The van der Waals surface area contributed by atoms with Crippen LogP contribution in [0.25, 0.3) is 0 Å². The van der Waals surface area contributed by atoms with Crippen molar-refractivity contribution in [3.63, 3.8) is 0 Å². The molecule has 10 heavy (non-hydrogen) atoms. The second-order valence-corrected chi connectivity index (χ2v) is 2.84. The summed E-state index contributed by atoms with van der Waals surface area (Å²) in [6, 6.07) is 0.152. The van der Waals surface area contributed by atoms with Crippen molar-refractivity contribution in [2.75, 3.05) is 6.61 Å². The van der Waals surface area contributed by atoms with Gasteiger partial charge in [-0.25, -0.2) is 0 Å². The van der Waals surface area contributed by atoms with Crippen molar-refractivity contribution in [2.24, 2.45) is 0 Å². The summed E-state index contributed by atoms with van der Waals surface area (Å²) in [5.41, 5.74) is 0. The average Bonchev–Trinajstić information content (AvgIpc) is 1.96. The Morgan fingerprint density at radius 1 is 1.40 bits per heavy atom. The van der Waals surface area contributed by atoms with Crippen molar-refractivity contribution in [2.45, 2.75) is 38.0 Å². The van der Waals surface area contributed by atoms with Gasteiger partial charge in [0.1, 0.15) is 0 Å². The topological polar surface area (TPSA) is 52.5 Å². The fourth-order valence-corrected chi connectivity index (χ4v) is 1.36. The summed E-state index contributed by atoms with van der Waals surface area (Å²) in [5, 5.41) is 21.0. The van der Waals surface area contributed by atoms with Gasteiger partial charge in [-0.15, -0.1) is 0 Å². The Morgan fingerprint density at radius 3 is 2.50 bits per heavy atom. The first-order chi connectivity index (χ1) is 4.79. The van der Waals surface area contributed by atoms with Gasteiger partial charge < -0.3 is 15.5 Å². The zero-order valence-corrected chi connectivity index (χ0v) is 6.25. The maximum Gasteiger partial charge on any atom is 0.0868 e. The van der Waals surface area contributed by atoms with E-state index in [1.54, 1.807) is 0 Å². The highest BCUT2D eigenvalue weighted by Gasteiger charge is 2.37.